The Bertz CT molecular complexity index is 707. The number of hydrogen-bond donors (Lipinski definition) is 2. The van der Waals surface area contributed by atoms with Gasteiger partial charge in [0.2, 0.25) is 0 Å². The molecule has 0 saturated heterocycles. The van der Waals surface area contributed by atoms with Gasteiger partial charge >= 0.3 is 0 Å². The number of benzene rings is 1. The molecule has 7 heteroatoms. The van der Waals surface area contributed by atoms with Crippen molar-refractivity contribution in [3.63, 3.8) is 0 Å². The summed E-state index contributed by atoms with van der Waals surface area (Å²) in [5.41, 5.74) is 0.602. The summed E-state index contributed by atoms with van der Waals surface area (Å²) in [6.07, 6.45) is 0. The van der Waals surface area contributed by atoms with Crippen molar-refractivity contribution in [1.82, 2.24) is 9.78 Å². The first-order valence-corrected chi connectivity index (χ1v) is 7.67. The van der Waals surface area contributed by atoms with Crippen molar-refractivity contribution in [1.29, 1.82) is 0 Å². The van der Waals surface area contributed by atoms with Crippen LogP contribution in [0.25, 0.3) is 0 Å². The van der Waals surface area contributed by atoms with Gasteiger partial charge in [0.15, 0.2) is 18.2 Å². The molecule has 24 heavy (non-hydrogen) atoms. The summed E-state index contributed by atoms with van der Waals surface area (Å²) in [7, 11) is 0. The smallest absolute Gasteiger partial charge is 0.263 e. The van der Waals surface area contributed by atoms with Crippen LogP contribution in [-0.2, 0) is 16.8 Å². The van der Waals surface area contributed by atoms with E-state index in [1.165, 1.54) is 16.8 Å². The fourth-order valence-electron chi connectivity index (χ4n) is 2.03. The molecule has 0 fully saturated rings. The summed E-state index contributed by atoms with van der Waals surface area (Å²) in [5.74, 6) is -0.466. The second-order valence-electron chi connectivity index (χ2n) is 6.38. The summed E-state index contributed by atoms with van der Waals surface area (Å²) in [6, 6.07) is 7.65. The van der Waals surface area contributed by atoms with E-state index in [0.29, 0.717) is 5.82 Å². The number of amides is 1. The maximum Gasteiger partial charge on any atom is 0.263 e. The minimum Gasteiger partial charge on any atom is -0.481 e. The summed E-state index contributed by atoms with van der Waals surface area (Å²) < 4.78 is 20.2. The minimum absolute atomic E-state index is 0.0203. The third-order valence-corrected chi connectivity index (χ3v) is 3.32. The summed E-state index contributed by atoms with van der Waals surface area (Å²) in [5, 5.41) is 16.2. The lowest BCUT2D eigenvalue weighted by Gasteiger charge is -2.13. The van der Waals surface area contributed by atoms with E-state index < -0.39 is 11.7 Å². The predicted molar refractivity (Wildman–Crippen MR) is 88.5 cm³/mol. The molecule has 130 valence electrons. The lowest BCUT2D eigenvalue weighted by molar-refractivity contribution is -0.118. The number of ether oxygens (including phenoxy) is 1. The highest BCUT2D eigenvalue weighted by Crippen LogP contribution is 2.24. The van der Waals surface area contributed by atoms with Gasteiger partial charge in [-0.05, 0) is 12.1 Å². The Labute approximate surface area is 140 Å². The molecule has 0 unspecified atom stereocenters. The van der Waals surface area contributed by atoms with Gasteiger partial charge < -0.3 is 15.2 Å². The topological polar surface area (TPSA) is 76.4 Å². The van der Waals surface area contributed by atoms with Crippen LogP contribution < -0.4 is 10.1 Å². The van der Waals surface area contributed by atoms with Gasteiger partial charge in [-0.25, -0.2) is 9.07 Å². The Morgan fingerprint density at radius 2 is 2.08 bits per heavy atom. The second-order valence-corrected chi connectivity index (χ2v) is 6.38. The zero-order chi connectivity index (χ0) is 17.7. The zero-order valence-corrected chi connectivity index (χ0v) is 14.0. The number of aromatic nitrogens is 2. The molecule has 6 nitrogen and oxygen atoms in total. The fraction of sp³-hybridized carbons (Fsp3) is 0.412. The lowest BCUT2D eigenvalue weighted by Crippen LogP contribution is -2.22. The number of carbonyl (C=O) groups is 1. The molecule has 0 saturated carbocycles. The molecule has 1 heterocycles. The summed E-state index contributed by atoms with van der Waals surface area (Å²) >= 11 is 0. The van der Waals surface area contributed by atoms with Gasteiger partial charge in [-0.15, -0.1) is 0 Å². The number of aliphatic hydroxyl groups excluding tert-OH is 1. The summed E-state index contributed by atoms with van der Waals surface area (Å²) in [6.45, 7) is 5.86. The molecule has 0 spiro atoms. The first-order valence-electron chi connectivity index (χ1n) is 7.67. The standard InChI is InChI=1S/C17H22FN3O3/c1-17(2,3)14-10-15(21(20-14)8-9-22)19-16(23)11-24-13-7-5-4-6-12(13)18/h4-7,10,22H,8-9,11H2,1-3H3,(H,19,23). The lowest BCUT2D eigenvalue weighted by atomic mass is 9.92. The van der Waals surface area contributed by atoms with Crippen LogP contribution in [0.1, 0.15) is 26.5 Å². The molecule has 1 aromatic carbocycles. The number of nitrogens with zero attached hydrogens (tertiary/aromatic N) is 2. The van der Waals surface area contributed by atoms with Crippen molar-refractivity contribution in [2.75, 3.05) is 18.5 Å². The van der Waals surface area contributed by atoms with E-state index in [1.54, 1.807) is 18.2 Å². The maximum absolute atomic E-state index is 13.5. The molecule has 2 rings (SSSR count). The highest BCUT2D eigenvalue weighted by Gasteiger charge is 2.20. The average Bonchev–Trinajstić information content (AvgIpc) is 2.90. The number of anilines is 1. The molecule has 0 aliphatic rings. The van der Waals surface area contributed by atoms with Crippen LogP contribution >= 0.6 is 0 Å². The zero-order valence-electron chi connectivity index (χ0n) is 14.0. The van der Waals surface area contributed by atoms with Gasteiger partial charge in [0.1, 0.15) is 5.82 Å². The van der Waals surface area contributed by atoms with Gasteiger partial charge in [-0.2, -0.15) is 5.10 Å². The minimum atomic E-state index is -0.523. The first kappa shape index (κ1) is 17.9. The van der Waals surface area contributed by atoms with Gasteiger partial charge in [-0.3, -0.25) is 4.79 Å². The van der Waals surface area contributed by atoms with E-state index in [-0.39, 0.29) is 30.9 Å². The number of halogens is 1. The number of para-hydroxylation sites is 1. The SMILES string of the molecule is CC(C)(C)c1cc(NC(=O)COc2ccccc2F)n(CCO)n1. The quantitative estimate of drug-likeness (QED) is 0.849. The van der Waals surface area contributed by atoms with E-state index in [9.17, 15) is 9.18 Å². The third-order valence-electron chi connectivity index (χ3n) is 3.32. The van der Waals surface area contributed by atoms with Crippen LogP contribution in [0.15, 0.2) is 30.3 Å². The molecule has 0 bridgehead atoms. The molecule has 2 N–H and O–H groups in total. The second kappa shape index (κ2) is 7.44. The molecule has 1 aromatic heterocycles. The predicted octanol–water partition coefficient (Wildman–Crippen LogP) is 2.33. The van der Waals surface area contributed by atoms with Crippen molar-refractivity contribution in [3.05, 3.63) is 41.8 Å². The van der Waals surface area contributed by atoms with Gasteiger partial charge in [0.05, 0.1) is 18.8 Å². The number of carbonyl (C=O) groups excluding carboxylic acids is 1. The molecule has 0 radical (unpaired) electrons. The maximum atomic E-state index is 13.5. The van der Waals surface area contributed by atoms with Crippen LogP contribution in [0.3, 0.4) is 0 Å². The number of nitrogens with one attached hydrogen (secondary N) is 1. The van der Waals surface area contributed by atoms with Crippen LogP contribution in [0.2, 0.25) is 0 Å². The molecule has 0 atom stereocenters. The number of rotatable bonds is 6. The Hall–Kier alpha value is -2.41. The Morgan fingerprint density at radius 1 is 1.38 bits per heavy atom. The van der Waals surface area contributed by atoms with Crippen molar-refractivity contribution in [2.24, 2.45) is 0 Å². The first-order chi connectivity index (χ1) is 11.3. The van der Waals surface area contributed by atoms with E-state index >= 15 is 0 Å². The monoisotopic (exact) mass is 335 g/mol. The van der Waals surface area contributed by atoms with Crippen molar-refractivity contribution >= 4 is 11.7 Å². The largest absolute Gasteiger partial charge is 0.481 e. The normalized spacial score (nSPS) is 11.4. The molecule has 2 aromatic rings. The van der Waals surface area contributed by atoms with E-state index in [1.807, 2.05) is 20.8 Å². The van der Waals surface area contributed by atoms with E-state index in [2.05, 4.69) is 10.4 Å². The molecule has 0 aliphatic carbocycles. The Morgan fingerprint density at radius 3 is 2.71 bits per heavy atom. The highest BCUT2D eigenvalue weighted by atomic mass is 19.1. The number of hydrogen-bond acceptors (Lipinski definition) is 4. The van der Waals surface area contributed by atoms with Crippen LogP contribution in [0.5, 0.6) is 5.75 Å². The Kier molecular flexibility index (Phi) is 5.56. The van der Waals surface area contributed by atoms with Crippen molar-refractivity contribution in [3.8, 4) is 5.75 Å². The van der Waals surface area contributed by atoms with Crippen LogP contribution in [0.4, 0.5) is 10.2 Å². The van der Waals surface area contributed by atoms with Crippen LogP contribution in [0, 0.1) is 5.82 Å². The van der Waals surface area contributed by atoms with E-state index in [4.69, 9.17) is 9.84 Å². The molecular formula is C17H22FN3O3. The molecule has 1 amide bonds. The third kappa shape index (κ3) is 4.55. The van der Waals surface area contributed by atoms with Crippen molar-refractivity contribution in [2.45, 2.75) is 32.7 Å². The molecule has 0 aliphatic heterocycles. The van der Waals surface area contributed by atoms with Gasteiger partial charge in [0, 0.05) is 11.5 Å². The average molecular weight is 335 g/mol. The van der Waals surface area contributed by atoms with E-state index in [0.717, 1.165) is 5.69 Å². The fourth-order valence-corrected chi connectivity index (χ4v) is 2.03. The van der Waals surface area contributed by atoms with Gasteiger partial charge in [-0.1, -0.05) is 32.9 Å². The van der Waals surface area contributed by atoms with Gasteiger partial charge in [0.25, 0.3) is 5.91 Å². The highest BCUT2D eigenvalue weighted by molar-refractivity contribution is 5.91. The van der Waals surface area contributed by atoms with Crippen LogP contribution in [-0.4, -0.2) is 34.0 Å². The summed E-state index contributed by atoms with van der Waals surface area (Å²) in [4.78, 5) is 12.1. The number of aliphatic hydroxyl groups is 1. The van der Waals surface area contributed by atoms with Crippen molar-refractivity contribution < 1.29 is 19.0 Å². The Balaban J connectivity index is 2.05. The molecular weight excluding hydrogens is 313 g/mol.